The summed E-state index contributed by atoms with van der Waals surface area (Å²) in [6, 6.07) is 12.0. The highest BCUT2D eigenvalue weighted by Crippen LogP contribution is 2.09. The number of ketones is 1. The lowest BCUT2D eigenvalue weighted by Crippen LogP contribution is -2.24. The van der Waals surface area contributed by atoms with Crippen LogP contribution in [0.1, 0.15) is 22.5 Å². The van der Waals surface area contributed by atoms with Gasteiger partial charge in [-0.3, -0.25) is 9.78 Å². The Bertz CT molecular complexity index is 586. The Balaban J connectivity index is 1.77. The Kier molecular flexibility index (Phi) is 5.58. The Labute approximate surface area is 124 Å². The van der Waals surface area contributed by atoms with Gasteiger partial charge in [0.2, 0.25) is 0 Å². The van der Waals surface area contributed by atoms with Crippen LogP contribution in [0.15, 0.2) is 48.7 Å². The van der Waals surface area contributed by atoms with Gasteiger partial charge in [-0.15, -0.1) is 0 Å². The van der Waals surface area contributed by atoms with E-state index in [1.165, 1.54) is 12.1 Å². The van der Waals surface area contributed by atoms with Crippen LogP contribution in [-0.2, 0) is 6.42 Å². The van der Waals surface area contributed by atoms with E-state index < -0.39 is 5.82 Å². The first-order valence-electron chi connectivity index (χ1n) is 7.03. The molecule has 0 aliphatic rings. The van der Waals surface area contributed by atoms with E-state index in [1.54, 1.807) is 18.3 Å². The van der Waals surface area contributed by atoms with Crippen LogP contribution >= 0.6 is 0 Å². The fraction of sp³-hybridized carbons (Fsp3) is 0.294. The van der Waals surface area contributed by atoms with Gasteiger partial charge >= 0.3 is 0 Å². The van der Waals surface area contributed by atoms with E-state index in [0.29, 0.717) is 13.0 Å². The fourth-order valence-electron chi connectivity index (χ4n) is 2.08. The number of aromatic nitrogens is 1. The summed E-state index contributed by atoms with van der Waals surface area (Å²) in [4.78, 5) is 18.3. The minimum Gasteiger partial charge on any atom is -0.306 e. The molecule has 0 N–H and O–H groups in total. The maximum atomic E-state index is 13.5. The summed E-state index contributed by atoms with van der Waals surface area (Å²) in [5, 5.41) is 0. The SMILES string of the molecule is CN(CCC(=O)c1ccccc1F)CCc1ccccn1. The van der Waals surface area contributed by atoms with Crippen molar-refractivity contribution >= 4 is 5.78 Å². The van der Waals surface area contributed by atoms with Crippen molar-refractivity contribution in [2.24, 2.45) is 0 Å². The molecule has 0 spiro atoms. The molecule has 1 heterocycles. The summed E-state index contributed by atoms with van der Waals surface area (Å²) in [5.41, 5.74) is 1.21. The average molecular weight is 286 g/mol. The molecule has 1 aromatic carbocycles. The standard InChI is InChI=1S/C17H19FN2O/c1-20(12-9-14-6-4-5-11-19-14)13-10-17(21)15-7-2-3-8-16(15)18/h2-8,11H,9-10,12-13H2,1H3. The maximum Gasteiger partial charge on any atom is 0.167 e. The maximum absolute atomic E-state index is 13.5. The summed E-state index contributed by atoms with van der Waals surface area (Å²) >= 11 is 0. The number of benzene rings is 1. The molecule has 0 unspecified atom stereocenters. The Morgan fingerprint density at radius 3 is 2.62 bits per heavy atom. The summed E-state index contributed by atoms with van der Waals surface area (Å²) in [6.45, 7) is 1.43. The van der Waals surface area contributed by atoms with Crippen LogP contribution in [0, 0.1) is 5.82 Å². The van der Waals surface area contributed by atoms with Gasteiger partial charge in [0.15, 0.2) is 5.78 Å². The summed E-state index contributed by atoms with van der Waals surface area (Å²) in [7, 11) is 1.96. The van der Waals surface area contributed by atoms with Gasteiger partial charge < -0.3 is 4.90 Å². The van der Waals surface area contributed by atoms with Gasteiger partial charge in [-0.1, -0.05) is 18.2 Å². The topological polar surface area (TPSA) is 33.2 Å². The molecular weight excluding hydrogens is 267 g/mol. The number of pyridine rings is 1. The van der Waals surface area contributed by atoms with E-state index in [1.807, 2.05) is 25.2 Å². The third-order valence-corrected chi connectivity index (χ3v) is 3.37. The molecule has 110 valence electrons. The lowest BCUT2D eigenvalue weighted by molar-refractivity contribution is 0.0965. The van der Waals surface area contributed by atoms with Gasteiger partial charge in [-0.25, -0.2) is 4.39 Å². The molecule has 0 atom stereocenters. The van der Waals surface area contributed by atoms with Crippen molar-refractivity contribution in [3.63, 3.8) is 0 Å². The number of carbonyl (C=O) groups excluding carboxylic acids is 1. The van der Waals surface area contributed by atoms with E-state index in [-0.39, 0.29) is 11.3 Å². The highest BCUT2D eigenvalue weighted by molar-refractivity contribution is 5.96. The lowest BCUT2D eigenvalue weighted by atomic mass is 10.1. The van der Waals surface area contributed by atoms with Gasteiger partial charge in [-0.2, -0.15) is 0 Å². The van der Waals surface area contributed by atoms with Crippen LogP contribution in [0.4, 0.5) is 4.39 Å². The average Bonchev–Trinajstić information content (AvgIpc) is 2.52. The fourth-order valence-corrected chi connectivity index (χ4v) is 2.08. The summed E-state index contributed by atoms with van der Waals surface area (Å²) in [6.07, 6.45) is 2.93. The van der Waals surface area contributed by atoms with Gasteiger partial charge in [0.05, 0.1) is 5.56 Å². The van der Waals surface area contributed by atoms with Crippen LogP contribution in [0.25, 0.3) is 0 Å². The molecule has 0 saturated heterocycles. The predicted octanol–water partition coefficient (Wildman–Crippen LogP) is 2.97. The minimum absolute atomic E-state index is 0.155. The molecule has 0 bridgehead atoms. The molecule has 3 nitrogen and oxygen atoms in total. The van der Waals surface area contributed by atoms with Gasteiger partial charge in [0, 0.05) is 37.8 Å². The third-order valence-electron chi connectivity index (χ3n) is 3.37. The van der Waals surface area contributed by atoms with Crippen molar-refractivity contribution in [3.8, 4) is 0 Å². The van der Waals surface area contributed by atoms with Gasteiger partial charge in [-0.05, 0) is 31.3 Å². The number of halogens is 1. The van der Waals surface area contributed by atoms with Crippen molar-refractivity contribution < 1.29 is 9.18 Å². The zero-order chi connectivity index (χ0) is 15.1. The molecule has 4 heteroatoms. The largest absolute Gasteiger partial charge is 0.306 e. The molecule has 21 heavy (non-hydrogen) atoms. The number of rotatable bonds is 7. The van der Waals surface area contributed by atoms with E-state index in [4.69, 9.17) is 0 Å². The van der Waals surface area contributed by atoms with E-state index >= 15 is 0 Å². The van der Waals surface area contributed by atoms with Crippen molar-refractivity contribution in [3.05, 3.63) is 65.7 Å². The highest BCUT2D eigenvalue weighted by atomic mass is 19.1. The molecule has 0 amide bonds. The van der Waals surface area contributed by atoms with Gasteiger partial charge in [0.1, 0.15) is 5.82 Å². The second kappa shape index (κ2) is 7.64. The second-order valence-corrected chi connectivity index (χ2v) is 5.03. The molecule has 1 aromatic heterocycles. The molecule has 0 saturated carbocycles. The number of carbonyl (C=O) groups is 1. The monoisotopic (exact) mass is 286 g/mol. The number of nitrogens with zero attached hydrogens (tertiary/aromatic N) is 2. The number of Topliss-reactive ketones (excluding diaryl/α,β-unsaturated/α-hetero) is 1. The Hall–Kier alpha value is -2.07. The van der Waals surface area contributed by atoms with Crippen molar-refractivity contribution in [1.82, 2.24) is 9.88 Å². The second-order valence-electron chi connectivity index (χ2n) is 5.03. The number of hydrogen-bond donors (Lipinski definition) is 0. The van der Waals surface area contributed by atoms with Crippen LogP contribution < -0.4 is 0 Å². The highest BCUT2D eigenvalue weighted by Gasteiger charge is 2.11. The van der Waals surface area contributed by atoms with Crippen molar-refractivity contribution in [1.29, 1.82) is 0 Å². The van der Waals surface area contributed by atoms with E-state index in [2.05, 4.69) is 9.88 Å². The van der Waals surface area contributed by atoms with E-state index in [9.17, 15) is 9.18 Å². The summed E-state index contributed by atoms with van der Waals surface area (Å²) in [5.74, 6) is -0.601. The van der Waals surface area contributed by atoms with Crippen LogP contribution in [0.3, 0.4) is 0 Å². The van der Waals surface area contributed by atoms with E-state index in [0.717, 1.165) is 18.7 Å². The van der Waals surface area contributed by atoms with Gasteiger partial charge in [0.25, 0.3) is 0 Å². The smallest absolute Gasteiger partial charge is 0.167 e. The molecule has 0 aliphatic heterocycles. The zero-order valence-corrected chi connectivity index (χ0v) is 12.1. The van der Waals surface area contributed by atoms with Crippen LogP contribution in [0.2, 0.25) is 0 Å². The van der Waals surface area contributed by atoms with Crippen molar-refractivity contribution in [2.75, 3.05) is 20.1 Å². The van der Waals surface area contributed by atoms with Crippen LogP contribution in [-0.4, -0.2) is 35.8 Å². The molecule has 0 aliphatic carbocycles. The number of hydrogen-bond acceptors (Lipinski definition) is 3. The molecular formula is C17H19FN2O. The normalized spacial score (nSPS) is 10.8. The first kappa shape index (κ1) is 15.3. The molecule has 0 radical (unpaired) electrons. The Morgan fingerprint density at radius 2 is 1.90 bits per heavy atom. The molecule has 2 aromatic rings. The third kappa shape index (κ3) is 4.76. The van der Waals surface area contributed by atoms with Crippen LogP contribution in [0.5, 0.6) is 0 Å². The molecule has 0 fully saturated rings. The predicted molar refractivity (Wildman–Crippen MR) is 80.8 cm³/mol. The summed E-state index contributed by atoms with van der Waals surface area (Å²) < 4.78 is 13.5. The minimum atomic E-state index is -0.446. The quantitative estimate of drug-likeness (QED) is 0.734. The first-order valence-corrected chi connectivity index (χ1v) is 7.03. The zero-order valence-electron chi connectivity index (χ0n) is 12.1. The Morgan fingerprint density at radius 1 is 1.14 bits per heavy atom. The number of likely N-dealkylation sites (N-methyl/N-ethyl adjacent to an activating group) is 1. The van der Waals surface area contributed by atoms with Crippen molar-refractivity contribution in [2.45, 2.75) is 12.8 Å². The first-order chi connectivity index (χ1) is 10.2. The lowest BCUT2D eigenvalue weighted by Gasteiger charge is -2.15. The molecule has 2 rings (SSSR count).